The SMILES string of the molecule is CCc1cccc(CC)c1NC(=O)CN1CCc2ccccc21. The second-order valence-electron chi connectivity index (χ2n) is 6.01. The fourth-order valence-electron chi connectivity index (χ4n) is 3.33. The molecule has 0 radical (unpaired) electrons. The largest absolute Gasteiger partial charge is 0.362 e. The van der Waals surface area contributed by atoms with Crippen molar-refractivity contribution in [3.05, 3.63) is 59.2 Å². The molecule has 23 heavy (non-hydrogen) atoms. The molecule has 1 aliphatic rings. The van der Waals surface area contributed by atoms with E-state index in [4.69, 9.17) is 0 Å². The topological polar surface area (TPSA) is 32.3 Å². The van der Waals surface area contributed by atoms with Crippen molar-refractivity contribution in [3.63, 3.8) is 0 Å². The minimum atomic E-state index is 0.0669. The van der Waals surface area contributed by atoms with Crippen LogP contribution in [-0.2, 0) is 24.1 Å². The normalized spacial score (nSPS) is 13.0. The third-order valence-corrected chi connectivity index (χ3v) is 4.58. The van der Waals surface area contributed by atoms with Crippen LogP contribution in [0.5, 0.6) is 0 Å². The number of nitrogens with zero attached hydrogens (tertiary/aromatic N) is 1. The first-order valence-corrected chi connectivity index (χ1v) is 8.46. The van der Waals surface area contributed by atoms with Gasteiger partial charge in [0.1, 0.15) is 0 Å². The Balaban J connectivity index is 1.74. The minimum Gasteiger partial charge on any atom is -0.362 e. The van der Waals surface area contributed by atoms with Crippen LogP contribution in [0, 0.1) is 0 Å². The van der Waals surface area contributed by atoms with Gasteiger partial charge >= 0.3 is 0 Å². The summed E-state index contributed by atoms with van der Waals surface area (Å²) in [7, 11) is 0. The number of para-hydroxylation sites is 2. The van der Waals surface area contributed by atoms with Gasteiger partial charge in [-0.1, -0.05) is 50.2 Å². The van der Waals surface area contributed by atoms with Crippen molar-refractivity contribution in [2.24, 2.45) is 0 Å². The van der Waals surface area contributed by atoms with Crippen molar-refractivity contribution in [2.45, 2.75) is 33.1 Å². The standard InChI is InChI=1S/C20H24N2O/c1-3-15-9-7-10-16(4-2)20(15)21-19(23)14-22-13-12-17-8-5-6-11-18(17)22/h5-11H,3-4,12-14H2,1-2H3,(H,21,23). The van der Waals surface area contributed by atoms with Crippen LogP contribution in [0.1, 0.15) is 30.5 Å². The number of carbonyl (C=O) groups is 1. The van der Waals surface area contributed by atoms with E-state index >= 15 is 0 Å². The van der Waals surface area contributed by atoms with Gasteiger partial charge in [0.25, 0.3) is 0 Å². The Labute approximate surface area is 138 Å². The van der Waals surface area contributed by atoms with Gasteiger partial charge in [-0.3, -0.25) is 4.79 Å². The van der Waals surface area contributed by atoms with E-state index < -0.39 is 0 Å². The summed E-state index contributed by atoms with van der Waals surface area (Å²) >= 11 is 0. The Kier molecular flexibility index (Phi) is 4.65. The zero-order valence-electron chi connectivity index (χ0n) is 13.9. The Hall–Kier alpha value is -2.29. The predicted octanol–water partition coefficient (Wildman–Crippen LogP) is 3.81. The van der Waals surface area contributed by atoms with Crippen LogP contribution in [-0.4, -0.2) is 19.0 Å². The number of aryl methyl sites for hydroxylation is 2. The molecule has 1 heterocycles. The first-order valence-electron chi connectivity index (χ1n) is 8.46. The van der Waals surface area contributed by atoms with Crippen molar-refractivity contribution in [2.75, 3.05) is 23.3 Å². The lowest BCUT2D eigenvalue weighted by Gasteiger charge is -2.20. The molecule has 1 N–H and O–H groups in total. The van der Waals surface area contributed by atoms with E-state index in [-0.39, 0.29) is 5.91 Å². The Morgan fingerprint density at radius 1 is 1.04 bits per heavy atom. The number of amides is 1. The van der Waals surface area contributed by atoms with E-state index in [9.17, 15) is 4.79 Å². The summed E-state index contributed by atoms with van der Waals surface area (Å²) < 4.78 is 0. The highest BCUT2D eigenvalue weighted by atomic mass is 16.2. The van der Waals surface area contributed by atoms with Crippen molar-refractivity contribution < 1.29 is 4.79 Å². The average molecular weight is 308 g/mol. The van der Waals surface area contributed by atoms with Gasteiger partial charge in [0.05, 0.1) is 6.54 Å². The zero-order valence-corrected chi connectivity index (χ0v) is 13.9. The van der Waals surface area contributed by atoms with Crippen molar-refractivity contribution >= 4 is 17.3 Å². The molecule has 0 bridgehead atoms. The second-order valence-corrected chi connectivity index (χ2v) is 6.01. The molecule has 3 nitrogen and oxygen atoms in total. The van der Waals surface area contributed by atoms with E-state index in [0.29, 0.717) is 6.54 Å². The number of carbonyl (C=O) groups excluding carboxylic acids is 1. The lowest BCUT2D eigenvalue weighted by molar-refractivity contribution is -0.115. The maximum absolute atomic E-state index is 12.6. The summed E-state index contributed by atoms with van der Waals surface area (Å²) in [4.78, 5) is 14.7. The van der Waals surface area contributed by atoms with E-state index in [1.54, 1.807) is 0 Å². The molecule has 0 saturated carbocycles. The maximum atomic E-state index is 12.6. The number of benzene rings is 2. The molecular weight excluding hydrogens is 284 g/mol. The molecule has 0 unspecified atom stereocenters. The first-order chi connectivity index (χ1) is 11.2. The number of anilines is 2. The van der Waals surface area contributed by atoms with E-state index in [0.717, 1.165) is 31.5 Å². The lowest BCUT2D eigenvalue weighted by Crippen LogP contribution is -2.32. The summed E-state index contributed by atoms with van der Waals surface area (Å²) in [6.45, 7) is 5.59. The highest BCUT2D eigenvalue weighted by Crippen LogP contribution is 2.27. The summed E-state index contributed by atoms with van der Waals surface area (Å²) in [5, 5.41) is 3.16. The third kappa shape index (κ3) is 3.24. The molecule has 0 atom stereocenters. The van der Waals surface area contributed by atoms with E-state index in [1.807, 2.05) is 6.07 Å². The number of hydrogen-bond acceptors (Lipinski definition) is 2. The smallest absolute Gasteiger partial charge is 0.243 e. The molecular formula is C20H24N2O. The number of nitrogens with one attached hydrogen (secondary N) is 1. The third-order valence-electron chi connectivity index (χ3n) is 4.58. The molecule has 0 saturated heterocycles. The molecule has 1 aliphatic heterocycles. The van der Waals surface area contributed by atoms with Crippen LogP contribution < -0.4 is 10.2 Å². The molecule has 2 aromatic rings. The monoisotopic (exact) mass is 308 g/mol. The lowest BCUT2D eigenvalue weighted by atomic mass is 10.0. The quantitative estimate of drug-likeness (QED) is 0.911. The van der Waals surface area contributed by atoms with Crippen LogP contribution in [0.25, 0.3) is 0 Å². The van der Waals surface area contributed by atoms with Gasteiger partial charge in [-0.2, -0.15) is 0 Å². The average Bonchev–Trinajstić information content (AvgIpc) is 2.98. The van der Waals surface area contributed by atoms with Gasteiger partial charge in [-0.25, -0.2) is 0 Å². The zero-order chi connectivity index (χ0) is 16.2. The molecule has 0 aliphatic carbocycles. The van der Waals surface area contributed by atoms with E-state index in [2.05, 4.69) is 60.5 Å². The molecule has 0 aromatic heterocycles. The maximum Gasteiger partial charge on any atom is 0.243 e. The van der Waals surface area contributed by atoms with Gasteiger partial charge in [-0.05, 0) is 42.0 Å². The van der Waals surface area contributed by atoms with Gasteiger partial charge in [0.15, 0.2) is 0 Å². The van der Waals surface area contributed by atoms with Gasteiger partial charge in [-0.15, -0.1) is 0 Å². The molecule has 3 heteroatoms. The molecule has 0 spiro atoms. The number of rotatable bonds is 5. The Morgan fingerprint density at radius 3 is 2.43 bits per heavy atom. The molecule has 2 aromatic carbocycles. The fraction of sp³-hybridized carbons (Fsp3) is 0.350. The van der Waals surface area contributed by atoms with Crippen LogP contribution in [0.3, 0.4) is 0 Å². The van der Waals surface area contributed by atoms with Crippen LogP contribution in [0.4, 0.5) is 11.4 Å². The van der Waals surface area contributed by atoms with Crippen LogP contribution in [0.2, 0.25) is 0 Å². The Morgan fingerprint density at radius 2 is 1.74 bits per heavy atom. The van der Waals surface area contributed by atoms with Crippen molar-refractivity contribution in [1.82, 2.24) is 0 Å². The van der Waals surface area contributed by atoms with Crippen LogP contribution >= 0.6 is 0 Å². The second kappa shape index (κ2) is 6.86. The van der Waals surface area contributed by atoms with Crippen molar-refractivity contribution in [3.8, 4) is 0 Å². The summed E-state index contributed by atoms with van der Waals surface area (Å²) in [5.74, 6) is 0.0669. The fourth-order valence-corrected chi connectivity index (χ4v) is 3.33. The minimum absolute atomic E-state index is 0.0669. The first kappa shape index (κ1) is 15.6. The summed E-state index contributed by atoms with van der Waals surface area (Å²) in [5.41, 5.74) is 5.96. The molecule has 3 rings (SSSR count). The number of hydrogen-bond donors (Lipinski definition) is 1. The molecule has 1 amide bonds. The molecule has 120 valence electrons. The van der Waals surface area contributed by atoms with Crippen molar-refractivity contribution in [1.29, 1.82) is 0 Å². The van der Waals surface area contributed by atoms with Gasteiger partial charge < -0.3 is 10.2 Å². The van der Waals surface area contributed by atoms with Crippen LogP contribution in [0.15, 0.2) is 42.5 Å². The van der Waals surface area contributed by atoms with Gasteiger partial charge in [0, 0.05) is 17.9 Å². The van der Waals surface area contributed by atoms with Gasteiger partial charge in [0.2, 0.25) is 5.91 Å². The highest BCUT2D eigenvalue weighted by Gasteiger charge is 2.21. The van der Waals surface area contributed by atoms with E-state index in [1.165, 1.54) is 22.4 Å². The highest BCUT2D eigenvalue weighted by molar-refractivity contribution is 5.95. The summed E-state index contributed by atoms with van der Waals surface area (Å²) in [6.07, 6.45) is 2.88. The predicted molar refractivity (Wildman–Crippen MR) is 96.2 cm³/mol. The number of fused-ring (bicyclic) bond motifs is 1. The molecule has 0 fully saturated rings. The summed E-state index contributed by atoms with van der Waals surface area (Å²) in [6, 6.07) is 14.6. The Bertz CT molecular complexity index is 686.